The lowest BCUT2D eigenvalue weighted by Crippen LogP contribution is -1.99. The van der Waals surface area contributed by atoms with Crippen molar-refractivity contribution >= 4 is 22.9 Å². The highest BCUT2D eigenvalue weighted by Gasteiger charge is 2.11. The fourth-order valence-electron chi connectivity index (χ4n) is 1.87. The predicted octanol–water partition coefficient (Wildman–Crippen LogP) is 1.87. The van der Waals surface area contributed by atoms with Crippen LogP contribution in [0.1, 0.15) is 11.1 Å². The Bertz CT molecular complexity index is 705. The van der Waals surface area contributed by atoms with Gasteiger partial charge in [-0.25, -0.2) is 4.79 Å². The van der Waals surface area contributed by atoms with Crippen LogP contribution in [-0.4, -0.2) is 20.9 Å². The monoisotopic (exact) mass is 241 g/mol. The van der Waals surface area contributed by atoms with Crippen LogP contribution in [0.25, 0.3) is 17.0 Å². The quantitative estimate of drug-likeness (QED) is 0.643. The minimum Gasteiger partial charge on any atom is -0.477 e. The van der Waals surface area contributed by atoms with Gasteiger partial charge in [-0.1, -0.05) is 12.1 Å². The summed E-state index contributed by atoms with van der Waals surface area (Å²) in [5.41, 5.74) is 2.15. The average molecular weight is 241 g/mol. The number of nitrogens with zero attached hydrogens (tertiary/aromatic N) is 3. The molecule has 1 N–H and O–H groups in total. The lowest BCUT2D eigenvalue weighted by molar-refractivity contribution is -0.132. The van der Waals surface area contributed by atoms with Gasteiger partial charge in [0.15, 0.2) is 0 Å². The molecule has 0 amide bonds. The molecule has 0 bridgehead atoms. The molecule has 0 aliphatic carbocycles. The number of aryl methyl sites for hydroxylation is 2. The van der Waals surface area contributed by atoms with Crippen molar-refractivity contribution in [2.24, 2.45) is 7.05 Å². The highest BCUT2D eigenvalue weighted by molar-refractivity contribution is 6.00. The van der Waals surface area contributed by atoms with E-state index in [1.807, 2.05) is 19.1 Å². The van der Waals surface area contributed by atoms with E-state index in [9.17, 15) is 4.79 Å². The van der Waals surface area contributed by atoms with Crippen molar-refractivity contribution in [2.75, 3.05) is 0 Å². The number of hydrogen-bond donors (Lipinski definition) is 1. The predicted molar refractivity (Wildman–Crippen MR) is 66.7 cm³/mol. The van der Waals surface area contributed by atoms with Crippen LogP contribution in [0.3, 0.4) is 0 Å². The van der Waals surface area contributed by atoms with Crippen molar-refractivity contribution in [1.82, 2.24) is 9.78 Å². The van der Waals surface area contributed by atoms with E-state index in [1.54, 1.807) is 24.0 Å². The second kappa shape index (κ2) is 4.34. The number of fused-ring (bicyclic) bond motifs is 1. The van der Waals surface area contributed by atoms with Crippen LogP contribution in [0, 0.1) is 18.3 Å². The number of carboxylic acids is 1. The number of nitriles is 1. The van der Waals surface area contributed by atoms with Crippen LogP contribution in [0.5, 0.6) is 0 Å². The van der Waals surface area contributed by atoms with E-state index in [0.717, 1.165) is 16.5 Å². The molecular formula is C13H11N3O2. The van der Waals surface area contributed by atoms with Crippen LogP contribution >= 0.6 is 0 Å². The van der Waals surface area contributed by atoms with Gasteiger partial charge >= 0.3 is 5.97 Å². The summed E-state index contributed by atoms with van der Waals surface area (Å²) in [7, 11) is 1.78. The van der Waals surface area contributed by atoms with Gasteiger partial charge in [0.2, 0.25) is 0 Å². The molecule has 5 nitrogen and oxygen atoms in total. The summed E-state index contributed by atoms with van der Waals surface area (Å²) in [5.74, 6) is -1.23. The molecule has 0 aliphatic rings. The Morgan fingerprint density at radius 1 is 1.56 bits per heavy atom. The van der Waals surface area contributed by atoms with Crippen molar-refractivity contribution in [1.29, 1.82) is 5.26 Å². The molecule has 1 heterocycles. The van der Waals surface area contributed by atoms with E-state index in [-0.39, 0.29) is 5.57 Å². The average Bonchev–Trinajstić information content (AvgIpc) is 2.70. The highest BCUT2D eigenvalue weighted by atomic mass is 16.4. The summed E-state index contributed by atoms with van der Waals surface area (Å²) >= 11 is 0. The Balaban J connectivity index is 2.78. The summed E-state index contributed by atoms with van der Waals surface area (Å²) in [6.07, 6.45) is 3.10. The van der Waals surface area contributed by atoms with Gasteiger partial charge in [-0.05, 0) is 18.6 Å². The number of hydrogen-bond acceptors (Lipinski definition) is 3. The van der Waals surface area contributed by atoms with Crippen molar-refractivity contribution < 1.29 is 9.90 Å². The Labute approximate surface area is 104 Å². The molecule has 0 fully saturated rings. The molecule has 0 unspecified atom stereocenters. The third kappa shape index (κ3) is 1.84. The zero-order chi connectivity index (χ0) is 13.3. The summed E-state index contributed by atoms with van der Waals surface area (Å²) in [5, 5.41) is 22.8. The molecule has 0 radical (unpaired) electrons. The van der Waals surface area contributed by atoms with E-state index in [0.29, 0.717) is 5.56 Å². The molecule has 1 aromatic heterocycles. The first-order valence-electron chi connectivity index (χ1n) is 5.31. The summed E-state index contributed by atoms with van der Waals surface area (Å²) in [6.45, 7) is 1.87. The molecule has 1 aromatic carbocycles. The third-order valence-electron chi connectivity index (χ3n) is 2.80. The number of aromatic nitrogens is 2. The van der Waals surface area contributed by atoms with Crippen LogP contribution < -0.4 is 0 Å². The normalized spacial score (nSPS) is 11.5. The molecule has 0 atom stereocenters. The molecule has 0 spiro atoms. The van der Waals surface area contributed by atoms with Crippen LogP contribution in [0.15, 0.2) is 23.9 Å². The lowest BCUT2D eigenvalue weighted by Gasteiger charge is -2.05. The van der Waals surface area contributed by atoms with Crippen molar-refractivity contribution in [2.45, 2.75) is 6.92 Å². The minimum absolute atomic E-state index is 0.285. The number of carbonyl (C=O) groups is 1. The Hall–Kier alpha value is -2.61. The van der Waals surface area contributed by atoms with Gasteiger partial charge in [-0.15, -0.1) is 0 Å². The minimum atomic E-state index is -1.23. The molecule has 2 aromatic rings. The number of aliphatic carboxylic acids is 1. The van der Waals surface area contributed by atoms with Crippen molar-refractivity contribution in [3.05, 3.63) is 35.0 Å². The molecule has 2 rings (SSSR count). The van der Waals surface area contributed by atoms with Crippen LogP contribution in [0.2, 0.25) is 0 Å². The Kier molecular flexibility index (Phi) is 2.86. The van der Waals surface area contributed by atoms with Gasteiger partial charge < -0.3 is 5.11 Å². The summed E-state index contributed by atoms with van der Waals surface area (Å²) in [4.78, 5) is 10.9. The summed E-state index contributed by atoms with van der Waals surface area (Å²) < 4.78 is 1.67. The fourth-order valence-corrected chi connectivity index (χ4v) is 1.87. The fraction of sp³-hybridized carbons (Fsp3) is 0.154. The maximum Gasteiger partial charge on any atom is 0.346 e. The first-order valence-corrected chi connectivity index (χ1v) is 5.31. The largest absolute Gasteiger partial charge is 0.477 e. The lowest BCUT2D eigenvalue weighted by atomic mass is 10.0. The van der Waals surface area contributed by atoms with E-state index >= 15 is 0 Å². The van der Waals surface area contributed by atoms with E-state index < -0.39 is 5.97 Å². The Morgan fingerprint density at radius 2 is 2.28 bits per heavy atom. The molecule has 18 heavy (non-hydrogen) atoms. The summed E-state index contributed by atoms with van der Waals surface area (Å²) in [6, 6.07) is 5.49. The van der Waals surface area contributed by atoms with Gasteiger partial charge in [-0.2, -0.15) is 10.4 Å². The third-order valence-corrected chi connectivity index (χ3v) is 2.80. The zero-order valence-electron chi connectivity index (χ0n) is 10.0. The van der Waals surface area contributed by atoms with Gasteiger partial charge in [0.05, 0.1) is 11.7 Å². The van der Waals surface area contributed by atoms with Gasteiger partial charge in [0, 0.05) is 18.0 Å². The maximum absolute atomic E-state index is 10.9. The maximum atomic E-state index is 10.9. The molecule has 0 saturated carbocycles. The Morgan fingerprint density at radius 3 is 2.89 bits per heavy atom. The van der Waals surface area contributed by atoms with Crippen LogP contribution in [0.4, 0.5) is 0 Å². The van der Waals surface area contributed by atoms with Crippen molar-refractivity contribution in [3.8, 4) is 6.07 Å². The van der Waals surface area contributed by atoms with E-state index in [1.165, 1.54) is 6.08 Å². The molecular weight excluding hydrogens is 230 g/mol. The second-order valence-corrected chi connectivity index (χ2v) is 3.98. The SMILES string of the molecule is Cc1ccc2cnn(C)c2c1/C=C(\C#N)C(=O)O. The number of rotatable bonds is 2. The molecule has 0 aliphatic heterocycles. The zero-order valence-corrected chi connectivity index (χ0v) is 10.0. The van der Waals surface area contributed by atoms with E-state index in [4.69, 9.17) is 10.4 Å². The van der Waals surface area contributed by atoms with Crippen molar-refractivity contribution in [3.63, 3.8) is 0 Å². The van der Waals surface area contributed by atoms with Gasteiger partial charge in [0.25, 0.3) is 0 Å². The number of benzene rings is 1. The van der Waals surface area contributed by atoms with E-state index in [2.05, 4.69) is 5.10 Å². The first kappa shape index (κ1) is 11.9. The molecule has 90 valence electrons. The van der Waals surface area contributed by atoms with Crippen LogP contribution in [-0.2, 0) is 11.8 Å². The molecule has 5 heteroatoms. The number of carboxylic acid groups (broad SMARTS) is 1. The van der Waals surface area contributed by atoms with Gasteiger partial charge in [-0.3, -0.25) is 4.68 Å². The smallest absolute Gasteiger partial charge is 0.346 e. The second-order valence-electron chi connectivity index (χ2n) is 3.98. The standard InChI is InChI=1S/C13H11N3O2/c1-8-3-4-9-7-15-16(2)12(9)11(8)5-10(6-14)13(17)18/h3-5,7H,1-2H3,(H,17,18)/b10-5+. The highest BCUT2D eigenvalue weighted by Crippen LogP contribution is 2.24. The molecule has 0 saturated heterocycles. The van der Waals surface area contributed by atoms with Gasteiger partial charge in [0.1, 0.15) is 11.6 Å². The first-order chi connectivity index (χ1) is 8.54. The topological polar surface area (TPSA) is 78.9 Å².